The Bertz CT molecular complexity index is 1340. The molecule has 1 saturated heterocycles. The number of phenols is 1. The van der Waals surface area contributed by atoms with Gasteiger partial charge in [-0.15, -0.1) is 0 Å². The highest BCUT2D eigenvalue weighted by Crippen LogP contribution is 2.36. The number of fused-ring (bicyclic) bond motifs is 2. The summed E-state index contributed by atoms with van der Waals surface area (Å²) in [6.45, 7) is 3.48. The zero-order valence-corrected chi connectivity index (χ0v) is 17.5. The number of anilines is 1. The minimum atomic E-state index is -0.365. The Labute approximate surface area is 177 Å². The molecule has 30 heavy (non-hydrogen) atoms. The van der Waals surface area contributed by atoms with Crippen molar-refractivity contribution in [2.45, 2.75) is 25.7 Å². The normalized spacial score (nSPS) is 15.4. The second-order valence-corrected chi connectivity index (χ2v) is 8.29. The minimum Gasteiger partial charge on any atom is -0.506 e. The van der Waals surface area contributed by atoms with E-state index in [9.17, 15) is 9.90 Å². The Balaban J connectivity index is 1.45. The number of rotatable bonds is 2. The molecule has 0 unspecified atom stereocenters. The summed E-state index contributed by atoms with van der Waals surface area (Å²) in [4.78, 5) is 23.5. The fourth-order valence-electron chi connectivity index (χ4n) is 4.15. The van der Waals surface area contributed by atoms with Gasteiger partial charge < -0.3 is 14.4 Å². The molecule has 4 aromatic rings. The number of oxazole rings is 1. The van der Waals surface area contributed by atoms with Crippen LogP contribution in [0, 0.1) is 6.92 Å². The molecule has 2 aromatic carbocycles. The molecule has 1 N–H and O–H groups in total. The van der Waals surface area contributed by atoms with Crippen LogP contribution in [0.25, 0.3) is 22.0 Å². The van der Waals surface area contributed by atoms with Gasteiger partial charge in [-0.3, -0.25) is 4.57 Å². The van der Waals surface area contributed by atoms with Crippen LogP contribution in [-0.2, 0) is 7.05 Å². The van der Waals surface area contributed by atoms with Gasteiger partial charge >= 0.3 is 5.69 Å². The van der Waals surface area contributed by atoms with E-state index in [0.717, 1.165) is 53.9 Å². The van der Waals surface area contributed by atoms with Gasteiger partial charge in [0, 0.05) is 37.5 Å². The van der Waals surface area contributed by atoms with Crippen molar-refractivity contribution in [3.63, 3.8) is 0 Å². The van der Waals surface area contributed by atoms with Gasteiger partial charge in [-0.05, 0) is 43.5 Å². The van der Waals surface area contributed by atoms with Crippen LogP contribution in [-0.4, -0.2) is 32.7 Å². The highest BCUT2D eigenvalue weighted by molar-refractivity contribution is 6.33. The van der Waals surface area contributed by atoms with E-state index in [-0.39, 0.29) is 22.4 Å². The average Bonchev–Trinajstić information content (AvgIpc) is 3.15. The zero-order chi connectivity index (χ0) is 21.0. The summed E-state index contributed by atoms with van der Waals surface area (Å²) in [5.41, 5.74) is 3.09. The van der Waals surface area contributed by atoms with E-state index in [2.05, 4.69) is 9.88 Å². The van der Waals surface area contributed by atoms with Crippen LogP contribution in [0.1, 0.15) is 30.2 Å². The molecule has 3 heterocycles. The van der Waals surface area contributed by atoms with Gasteiger partial charge in [0.25, 0.3) is 0 Å². The van der Waals surface area contributed by atoms with E-state index in [1.54, 1.807) is 13.1 Å². The van der Waals surface area contributed by atoms with E-state index in [0.29, 0.717) is 11.3 Å². The highest BCUT2D eigenvalue weighted by Gasteiger charge is 2.27. The highest BCUT2D eigenvalue weighted by atomic mass is 35.5. The van der Waals surface area contributed by atoms with Gasteiger partial charge in [-0.1, -0.05) is 17.7 Å². The molecule has 0 saturated carbocycles. The Morgan fingerprint density at radius 1 is 1.17 bits per heavy atom. The number of benzene rings is 2. The molecule has 0 aliphatic carbocycles. The first-order valence-corrected chi connectivity index (χ1v) is 10.3. The maximum absolute atomic E-state index is 12.4. The van der Waals surface area contributed by atoms with Crippen molar-refractivity contribution in [2.75, 3.05) is 18.0 Å². The summed E-state index contributed by atoms with van der Waals surface area (Å²) >= 11 is 6.14. The lowest BCUT2D eigenvalue weighted by Crippen LogP contribution is -2.36. The molecule has 8 heteroatoms. The quantitative estimate of drug-likeness (QED) is 0.521. The molecule has 1 aliphatic heterocycles. The van der Waals surface area contributed by atoms with Gasteiger partial charge in [0.05, 0.1) is 10.5 Å². The first-order chi connectivity index (χ1) is 14.4. The number of phenolic OH excluding ortho intramolecular Hbond substituents is 1. The Morgan fingerprint density at radius 2 is 1.93 bits per heavy atom. The van der Waals surface area contributed by atoms with E-state index in [4.69, 9.17) is 21.0 Å². The molecule has 5 rings (SSSR count). The summed E-state index contributed by atoms with van der Waals surface area (Å²) in [7, 11) is 1.63. The maximum Gasteiger partial charge on any atom is 0.349 e. The smallest absolute Gasteiger partial charge is 0.349 e. The number of aromatic hydroxyl groups is 1. The molecule has 0 atom stereocenters. The standard InChI is InChI=1S/C22H21ClN4O3/c1-12-3-4-19-16(9-12)24-21(30-19)13-5-7-27(8-6-13)20-14-10-15(23)18(28)11-17(14)26(2)22(29)25-20/h3-4,9-11,13,28H,5-8H2,1-2H3. The summed E-state index contributed by atoms with van der Waals surface area (Å²) in [6.07, 6.45) is 1.69. The van der Waals surface area contributed by atoms with Crippen molar-refractivity contribution in [1.82, 2.24) is 14.5 Å². The third kappa shape index (κ3) is 3.10. The average molecular weight is 425 g/mol. The summed E-state index contributed by atoms with van der Waals surface area (Å²) in [5, 5.41) is 11.0. The molecule has 0 amide bonds. The van der Waals surface area contributed by atoms with Crippen LogP contribution in [0.4, 0.5) is 5.82 Å². The van der Waals surface area contributed by atoms with Crippen molar-refractivity contribution >= 4 is 39.4 Å². The van der Waals surface area contributed by atoms with E-state index in [1.165, 1.54) is 10.6 Å². The van der Waals surface area contributed by atoms with E-state index >= 15 is 0 Å². The van der Waals surface area contributed by atoms with E-state index < -0.39 is 0 Å². The summed E-state index contributed by atoms with van der Waals surface area (Å²) in [6, 6.07) is 9.20. The van der Waals surface area contributed by atoms with Gasteiger partial charge in [0.1, 0.15) is 17.1 Å². The topological polar surface area (TPSA) is 84.4 Å². The monoisotopic (exact) mass is 424 g/mol. The third-order valence-corrected chi connectivity index (χ3v) is 6.16. The van der Waals surface area contributed by atoms with Crippen molar-refractivity contribution < 1.29 is 9.52 Å². The van der Waals surface area contributed by atoms with Crippen LogP contribution in [0.3, 0.4) is 0 Å². The minimum absolute atomic E-state index is 0.0544. The molecule has 0 radical (unpaired) electrons. The lowest BCUT2D eigenvalue weighted by molar-refractivity contribution is 0.406. The predicted molar refractivity (Wildman–Crippen MR) is 117 cm³/mol. The summed E-state index contributed by atoms with van der Waals surface area (Å²) in [5.74, 6) is 1.53. The molecule has 154 valence electrons. The van der Waals surface area contributed by atoms with Crippen molar-refractivity contribution in [2.24, 2.45) is 7.05 Å². The Hall–Kier alpha value is -3.06. The number of halogens is 1. The first kappa shape index (κ1) is 18.9. The number of aromatic nitrogens is 3. The number of hydrogen-bond donors (Lipinski definition) is 1. The second-order valence-electron chi connectivity index (χ2n) is 7.88. The third-order valence-electron chi connectivity index (χ3n) is 5.86. The van der Waals surface area contributed by atoms with Crippen LogP contribution >= 0.6 is 11.6 Å². The number of nitrogens with zero attached hydrogens (tertiary/aromatic N) is 4. The molecule has 0 spiro atoms. The van der Waals surface area contributed by atoms with Gasteiger partial charge in [-0.2, -0.15) is 4.98 Å². The molecule has 0 bridgehead atoms. The van der Waals surface area contributed by atoms with Gasteiger partial charge in [0.2, 0.25) is 0 Å². The molecular formula is C22H21ClN4O3. The predicted octanol–water partition coefficient (Wildman–Crippen LogP) is 4.13. The SMILES string of the molecule is Cc1ccc2oc(C3CCN(c4nc(=O)n(C)c5cc(O)c(Cl)cc45)CC3)nc2c1. The molecule has 1 aliphatic rings. The fourth-order valence-corrected chi connectivity index (χ4v) is 4.31. The molecule has 1 fully saturated rings. The van der Waals surface area contributed by atoms with Crippen LogP contribution in [0.2, 0.25) is 5.02 Å². The maximum atomic E-state index is 12.4. The fraction of sp³-hybridized carbons (Fsp3) is 0.318. The summed E-state index contributed by atoms with van der Waals surface area (Å²) < 4.78 is 7.41. The van der Waals surface area contributed by atoms with Crippen molar-refractivity contribution in [3.05, 3.63) is 57.3 Å². The van der Waals surface area contributed by atoms with Gasteiger partial charge in [0.15, 0.2) is 11.5 Å². The molecule has 2 aromatic heterocycles. The van der Waals surface area contributed by atoms with Crippen LogP contribution in [0.15, 0.2) is 39.5 Å². The molecular weight excluding hydrogens is 404 g/mol. The van der Waals surface area contributed by atoms with Gasteiger partial charge in [-0.25, -0.2) is 9.78 Å². The lowest BCUT2D eigenvalue weighted by Gasteiger charge is -2.32. The first-order valence-electron chi connectivity index (χ1n) is 9.92. The molecule has 7 nitrogen and oxygen atoms in total. The second kappa shape index (κ2) is 7.02. The zero-order valence-electron chi connectivity index (χ0n) is 16.7. The van der Waals surface area contributed by atoms with Crippen LogP contribution in [0.5, 0.6) is 5.75 Å². The number of aryl methyl sites for hydroxylation is 2. The number of hydrogen-bond acceptors (Lipinski definition) is 6. The lowest BCUT2D eigenvalue weighted by atomic mass is 9.96. The van der Waals surface area contributed by atoms with Crippen molar-refractivity contribution in [1.29, 1.82) is 0 Å². The Morgan fingerprint density at radius 3 is 2.70 bits per heavy atom. The van der Waals surface area contributed by atoms with Crippen molar-refractivity contribution in [3.8, 4) is 5.75 Å². The van der Waals surface area contributed by atoms with E-state index in [1.807, 2.05) is 25.1 Å². The largest absolute Gasteiger partial charge is 0.506 e. The Kier molecular flexibility index (Phi) is 4.43. The number of piperidine rings is 1. The van der Waals surface area contributed by atoms with Crippen LogP contribution < -0.4 is 10.6 Å².